The van der Waals surface area contributed by atoms with Gasteiger partial charge in [0, 0.05) is 35.9 Å². The number of hydrogen-bond acceptors (Lipinski definition) is 3. The van der Waals surface area contributed by atoms with E-state index in [1.807, 2.05) is 48.6 Å². The van der Waals surface area contributed by atoms with Crippen molar-refractivity contribution in [2.24, 2.45) is 11.5 Å². The first-order valence-electron chi connectivity index (χ1n) is 16.8. The van der Waals surface area contributed by atoms with Crippen molar-refractivity contribution in [2.45, 2.75) is 117 Å². The number of hydrogen-bond donors (Lipinski definition) is 3. The van der Waals surface area contributed by atoms with Gasteiger partial charge in [-0.15, -0.1) is 0 Å². The average Bonchev–Trinajstić information content (AvgIpc) is 3.96. The molecular formula is C37H59FI2N3-. The fourth-order valence-electron chi connectivity index (χ4n) is 4.43. The zero-order valence-corrected chi connectivity index (χ0v) is 32.5. The molecule has 0 heterocycles. The fourth-order valence-corrected chi connectivity index (χ4v) is 4.43. The second-order valence-electron chi connectivity index (χ2n) is 10.4. The van der Waals surface area contributed by atoms with Gasteiger partial charge in [-0.2, -0.15) is 0 Å². The van der Waals surface area contributed by atoms with Gasteiger partial charge in [-0.1, -0.05) is 131 Å². The smallest absolute Gasteiger partial charge is 0.122 e. The third kappa shape index (κ3) is 16.7. The molecule has 3 fully saturated rings. The van der Waals surface area contributed by atoms with Crippen molar-refractivity contribution in [3.05, 3.63) is 106 Å². The Morgan fingerprint density at radius 3 is 1.21 bits per heavy atom. The Kier molecular flexibility index (Phi) is 21.4. The van der Waals surface area contributed by atoms with Crippen LogP contribution < -0.4 is 34.6 Å². The molecule has 3 aliphatic rings. The number of halogens is 3. The molecule has 3 saturated carbocycles. The molecule has 0 aromatic heterocycles. The molecule has 3 aliphatic carbocycles. The van der Waals surface area contributed by atoms with Gasteiger partial charge in [0.1, 0.15) is 2.82 Å². The Labute approximate surface area is 287 Å². The minimum Gasteiger partial charge on any atom is -0.327 e. The quantitative estimate of drug-likeness (QED) is 0.242. The van der Waals surface area contributed by atoms with Crippen LogP contribution in [0.15, 0.2) is 72.8 Å². The molecule has 3 aromatic carbocycles. The van der Waals surface area contributed by atoms with E-state index >= 15 is 0 Å². The van der Waals surface area contributed by atoms with E-state index in [1.54, 1.807) is 23.9 Å². The van der Waals surface area contributed by atoms with E-state index in [1.165, 1.54) is 39.8 Å². The molecule has 6 atom stereocenters. The van der Waals surface area contributed by atoms with Gasteiger partial charge in [0.15, 0.2) is 0 Å². The second kappa shape index (κ2) is 24.2. The molecule has 6 rings (SSSR count). The van der Waals surface area contributed by atoms with Crippen molar-refractivity contribution >= 4 is 18.6 Å². The summed E-state index contributed by atoms with van der Waals surface area (Å²) in [4.78, 5) is 0. The molecule has 0 saturated heterocycles. The Bertz CT molecular complexity index is 1130. The molecule has 43 heavy (non-hydrogen) atoms. The van der Waals surface area contributed by atoms with Crippen molar-refractivity contribution in [3.8, 4) is 0 Å². The van der Waals surface area contributed by atoms with Crippen LogP contribution in [0, 0.1) is 20.8 Å². The van der Waals surface area contributed by atoms with E-state index in [2.05, 4.69) is 99.3 Å². The van der Waals surface area contributed by atoms with Gasteiger partial charge in [0.25, 0.3) is 0 Å². The summed E-state index contributed by atoms with van der Waals surface area (Å²) >= 11 is 0.792. The first-order chi connectivity index (χ1) is 21.7. The number of benzene rings is 3. The first kappa shape index (κ1) is 38.1. The molecule has 0 amide bonds. The molecule has 6 unspecified atom stereocenters. The second-order valence-corrected chi connectivity index (χ2v) is 12.8. The number of nitrogens with two attached hydrogens (primary N) is 2. The molecule has 3 nitrogen and oxygen atoms in total. The summed E-state index contributed by atoms with van der Waals surface area (Å²) in [5, 5.41) is 1.57. The fraction of sp³-hybridized carbons (Fsp3) is 0.514. The molecule has 0 bridgehead atoms. The summed E-state index contributed by atoms with van der Waals surface area (Å²) in [6, 6.07) is 27.2. The zero-order chi connectivity index (χ0) is 34.5. The van der Waals surface area contributed by atoms with E-state index in [0.29, 0.717) is 35.9 Å². The summed E-state index contributed by atoms with van der Waals surface area (Å²) in [5.74, 6) is 1.83. The Hall–Kier alpha value is -1.07. The van der Waals surface area contributed by atoms with Gasteiger partial charge in [0.2, 0.25) is 0 Å². The number of rotatable bonds is 5. The van der Waals surface area contributed by atoms with Crippen LogP contribution in [0.3, 0.4) is 0 Å². The molecule has 244 valence electrons. The Morgan fingerprint density at radius 2 is 0.977 bits per heavy atom. The van der Waals surface area contributed by atoms with Gasteiger partial charge in [-0.3, -0.25) is 0 Å². The molecular weight excluding hydrogens is 759 g/mol. The van der Waals surface area contributed by atoms with Gasteiger partial charge >= 0.3 is 39.3 Å². The minimum atomic E-state index is -0.940. The average molecular weight is 821 g/mol. The summed E-state index contributed by atoms with van der Waals surface area (Å²) in [6.07, 6.45) is 3.43. The molecule has 0 aliphatic heterocycles. The van der Waals surface area contributed by atoms with Crippen LogP contribution in [0.2, 0.25) is 2.82 Å². The van der Waals surface area contributed by atoms with E-state index in [-0.39, 0.29) is 0 Å². The molecule has 3 aromatic rings. The molecule has 0 spiro atoms. The molecule has 0 radical (unpaired) electrons. The largest absolute Gasteiger partial charge is 0.327 e. The number of aryl methyl sites for hydroxylation is 3. The van der Waals surface area contributed by atoms with Gasteiger partial charge in [0.05, 0.1) is 0 Å². The zero-order valence-electron chi connectivity index (χ0n) is 30.2. The van der Waals surface area contributed by atoms with E-state index < -0.39 is 17.8 Å². The van der Waals surface area contributed by atoms with Crippen molar-refractivity contribution < 1.29 is 23.5 Å². The van der Waals surface area contributed by atoms with Crippen LogP contribution in [-0.2, 0) is 0 Å². The topological polar surface area (TPSA) is 64.1 Å². The van der Waals surface area contributed by atoms with Crippen LogP contribution in [0.5, 0.6) is 0 Å². The maximum Gasteiger partial charge on any atom is 0.122 e. The Balaban J connectivity index is 0.000000573. The minimum absolute atomic E-state index is 0.396. The van der Waals surface area contributed by atoms with E-state index in [9.17, 15) is 2.86 Å². The van der Waals surface area contributed by atoms with Crippen LogP contribution >= 0.6 is 18.6 Å². The summed E-state index contributed by atoms with van der Waals surface area (Å²) < 4.78 is 24.8. The van der Waals surface area contributed by atoms with Crippen LogP contribution in [-0.4, -0.2) is 25.2 Å². The maximum atomic E-state index is 10.4. The van der Waals surface area contributed by atoms with Crippen molar-refractivity contribution in [2.75, 3.05) is 7.05 Å². The normalized spacial score (nSPS) is 23.9. The molecule has 5 N–H and O–H groups in total. The van der Waals surface area contributed by atoms with Gasteiger partial charge in [-0.05, 0) is 63.8 Å². The third-order valence-corrected chi connectivity index (χ3v) is 7.24. The van der Waals surface area contributed by atoms with Gasteiger partial charge < -0.3 is 16.8 Å². The number of nitrogens with one attached hydrogen (secondary N) is 1. The Morgan fingerprint density at radius 1 is 0.674 bits per heavy atom. The van der Waals surface area contributed by atoms with E-state index in [0.717, 1.165) is 12.8 Å². The van der Waals surface area contributed by atoms with E-state index in [4.69, 9.17) is 8.56 Å². The third-order valence-electron chi connectivity index (χ3n) is 7.24. The monoisotopic (exact) mass is 820 g/mol. The SMILES string of the molecule is CC.CC.CC.Cc1ccc(C2CC2N)cc1.F[I-]I.[2H]N(C)C1CC1c1ccc(C)cc1.[2H]NC1CC1c1ccc(C)cc1. The molecule has 6 heteroatoms. The summed E-state index contributed by atoms with van der Waals surface area (Å²) in [7, 11) is 1.83. The summed E-state index contributed by atoms with van der Waals surface area (Å²) in [6.45, 7) is 18.3. The van der Waals surface area contributed by atoms with Gasteiger partial charge in [-0.25, -0.2) is 0 Å². The maximum absolute atomic E-state index is 10.4. The van der Waals surface area contributed by atoms with Crippen LogP contribution in [0.25, 0.3) is 0 Å². The van der Waals surface area contributed by atoms with Crippen molar-refractivity contribution in [1.29, 1.82) is 0 Å². The number of likely N-dealkylation sites (N-methyl/N-ethyl adjacent to an activating group) is 1. The standard InChI is InChI=1S/C11H15N.2C10H13N.3C2H6.FI2/c1-8-3-5-9(6-4-8)10-7-11(10)12-2;2*1-7-2-4-8(5-3-7)9-6-10(9)11;3*1-2;1-3-2/h3-6,10-12H,7H2,1-2H3;2*2-5,9-10H,6,11H2,1H3;3*1-2H3;/q;;;;;;-1/i/hD2. The van der Waals surface area contributed by atoms with Crippen molar-refractivity contribution in [3.63, 3.8) is 0 Å². The van der Waals surface area contributed by atoms with Crippen LogP contribution in [0.4, 0.5) is 2.86 Å². The first-order valence-corrected chi connectivity index (χ1v) is 23.0. The predicted octanol–water partition coefficient (Wildman–Crippen LogP) is 7.08. The summed E-state index contributed by atoms with van der Waals surface area (Å²) in [5.41, 5.74) is 16.4. The predicted molar refractivity (Wildman–Crippen MR) is 194 cm³/mol. The van der Waals surface area contributed by atoms with Crippen molar-refractivity contribution in [1.82, 2.24) is 5.31 Å². The van der Waals surface area contributed by atoms with Crippen LogP contribution in [0.1, 0.15) is 112 Å².